The van der Waals surface area contributed by atoms with Crippen molar-refractivity contribution in [2.75, 3.05) is 6.67 Å². The van der Waals surface area contributed by atoms with Gasteiger partial charge in [-0.05, 0) is 0 Å². The van der Waals surface area contributed by atoms with Crippen molar-refractivity contribution in [2.45, 2.75) is 12.3 Å². The number of rotatable bonds is 0. The Labute approximate surface area is 52.7 Å². The molecule has 2 aliphatic heterocycles. The van der Waals surface area contributed by atoms with Crippen LogP contribution in [-0.4, -0.2) is 25.0 Å². The van der Waals surface area contributed by atoms with Crippen LogP contribution in [0.4, 0.5) is 0 Å². The van der Waals surface area contributed by atoms with E-state index in [0.29, 0.717) is 5.96 Å². The van der Waals surface area contributed by atoms with Gasteiger partial charge >= 0.3 is 0 Å². The van der Waals surface area contributed by atoms with Crippen LogP contribution >= 0.6 is 0 Å². The SMILES string of the molecule is NC1=N[C@@H]2NCN[C@@H]2N1. The monoisotopic (exact) mass is 127 g/mol. The summed E-state index contributed by atoms with van der Waals surface area (Å²) in [6.45, 7) is 0.805. The topological polar surface area (TPSA) is 74.5 Å². The lowest BCUT2D eigenvalue weighted by Crippen LogP contribution is -2.43. The smallest absolute Gasteiger partial charge is 0.191 e. The molecule has 5 heteroatoms. The Kier molecular flexibility index (Phi) is 0.882. The maximum Gasteiger partial charge on any atom is 0.191 e. The second kappa shape index (κ2) is 1.58. The summed E-state index contributed by atoms with van der Waals surface area (Å²) < 4.78 is 0. The largest absolute Gasteiger partial charge is 0.370 e. The van der Waals surface area contributed by atoms with Crippen LogP contribution in [0, 0.1) is 0 Å². The van der Waals surface area contributed by atoms with E-state index >= 15 is 0 Å². The summed E-state index contributed by atoms with van der Waals surface area (Å²) in [7, 11) is 0. The highest BCUT2D eigenvalue weighted by molar-refractivity contribution is 5.80. The summed E-state index contributed by atoms with van der Waals surface area (Å²) in [5.41, 5.74) is 5.38. The molecule has 0 radical (unpaired) electrons. The maximum atomic E-state index is 5.38. The zero-order valence-corrected chi connectivity index (χ0v) is 4.89. The molecule has 5 nitrogen and oxygen atoms in total. The molecule has 0 aromatic carbocycles. The van der Waals surface area contributed by atoms with Crippen molar-refractivity contribution in [1.29, 1.82) is 0 Å². The average molecular weight is 127 g/mol. The van der Waals surface area contributed by atoms with E-state index in [1.165, 1.54) is 0 Å². The maximum absolute atomic E-state index is 5.38. The summed E-state index contributed by atoms with van der Waals surface area (Å²) in [5, 5.41) is 9.21. The molecule has 2 atom stereocenters. The molecule has 0 unspecified atom stereocenters. The Morgan fingerprint density at radius 1 is 1.56 bits per heavy atom. The van der Waals surface area contributed by atoms with Crippen LogP contribution in [0.3, 0.4) is 0 Å². The van der Waals surface area contributed by atoms with Gasteiger partial charge in [-0.2, -0.15) is 0 Å². The van der Waals surface area contributed by atoms with Gasteiger partial charge in [-0.1, -0.05) is 0 Å². The third-order valence-electron chi connectivity index (χ3n) is 1.53. The van der Waals surface area contributed by atoms with E-state index in [-0.39, 0.29) is 12.3 Å². The minimum atomic E-state index is 0.144. The van der Waals surface area contributed by atoms with Crippen LogP contribution in [0.2, 0.25) is 0 Å². The van der Waals surface area contributed by atoms with E-state index in [0.717, 1.165) is 6.67 Å². The second-order valence-corrected chi connectivity index (χ2v) is 2.17. The molecule has 2 heterocycles. The molecule has 2 aliphatic rings. The van der Waals surface area contributed by atoms with E-state index in [9.17, 15) is 0 Å². The summed E-state index contributed by atoms with van der Waals surface area (Å²) in [6, 6.07) is 0. The minimum Gasteiger partial charge on any atom is -0.370 e. The van der Waals surface area contributed by atoms with Crippen LogP contribution in [0.25, 0.3) is 0 Å². The van der Waals surface area contributed by atoms with Crippen molar-refractivity contribution in [3.05, 3.63) is 0 Å². The average Bonchev–Trinajstić information content (AvgIpc) is 2.22. The molecule has 0 saturated carbocycles. The predicted molar refractivity (Wildman–Crippen MR) is 33.5 cm³/mol. The third-order valence-corrected chi connectivity index (χ3v) is 1.53. The summed E-state index contributed by atoms with van der Waals surface area (Å²) in [4.78, 5) is 4.06. The van der Waals surface area contributed by atoms with Gasteiger partial charge in [-0.25, -0.2) is 4.99 Å². The highest BCUT2D eigenvalue weighted by Crippen LogP contribution is 2.02. The number of hydrogen-bond acceptors (Lipinski definition) is 5. The normalized spacial score (nSPS) is 39.8. The fourth-order valence-corrected chi connectivity index (χ4v) is 1.10. The summed E-state index contributed by atoms with van der Waals surface area (Å²) in [6.07, 6.45) is 0.356. The quantitative estimate of drug-likeness (QED) is 0.295. The van der Waals surface area contributed by atoms with Crippen LogP contribution in [0.1, 0.15) is 0 Å². The van der Waals surface area contributed by atoms with Gasteiger partial charge in [0.15, 0.2) is 5.96 Å². The zero-order valence-electron chi connectivity index (χ0n) is 4.89. The van der Waals surface area contributed by atoms with E-state index in [4.69, 9.17) is 5.73 Å². The molecular weight excluding hydrogens is 118 g/mol. The van der Waals surface area contributed by atoms with Crippen molar-refractivity contribution in [2.24, 2.45) is 10.7 Å². The van der Waals surface area contributed by atoms with Gasteiger partial charge < -0.3 is 11.1 Å². The van der Waals surface area contributed by atoms with Crippen molar-refractivity contribution in [3.8, 4) is 0 Å². The molecule has 0 amide bonds. The number of hydrogen-bond donors (Lipinski definition) is 4. The van der Waals surface area contributed by atoms with E-state index in [1.54, 1.807) is 0 Å². The highest BCUT2D eigenvalue weighted by Gasteiger charge is 2.30. The van der Waals surface area contributed by atoms with Gasteiger partial charge in [0.1, 0.15) is 12.3 Å². The first kappa shape index (κ1) is 5.01. The standard InChI is InChI=1S/C4H9N5/c5-4-8-2-3(9-4)7-1-6-2/h2-3,6-7H,1H2,(H3,5,8,9)/t2-,3+. The minimum absolute atomic E-state index is 0.144. The Morgan fingerprint density at radius 2 is 2.44 bits per heavy atom. The predicted octanol–water partition coefficient (Wildman–Crippen LogP) is -2.29. The molecule has 1 saturated heterocycles. The van der Waals surface area contributed by atoms with Crippen molar-refractivity contribution < 1.29 is 0 Å². The Bertz CT molecular complexity index is 153. The first-order chi connectivity index (χ1) is 4.36. The Morgan fingerprint density at radius 3 is 3.22 bits per heavy atom. The zero-order chi connectivity index (χ0) is 6.27. The third kappa shape index (κ3) is 0.655. The molecule has 0 spiro atoms. The van der Waals surface area contributed by atoms with Crippen molar-refractivity contribution in [3.63, 3.8) is 0 Å². The Hall–Kier alpha value is -0.810. The van der Waals surface area contributed by atoms with Gasteiger partial charge in [-0.3, -0.25) is 10.6 Å². The number of nitrogens with one attached hydrogen (secondary N) is 3. The molecule has 0 bridgehead atoms. The van der Waals surface area contributed by atoms with Crippen molar-refractivity contribution in [1.82, 2.24) is 16.0 Å². The number of aliphatic imine (C=N–C) groups is 1. The molecule has 5 N–H and O–H groups in total. The van der Waals surface area contributed by atoms with Crippen LogP contribution < -0.4 is 21.7 Å². The van der Waals surface area contributed by atoms with Gasteiger partial charge in [0, 0.05) is 6.67 Å². The van der Waals surface area contributed by atoms with Gasteiger partial charge in [-0.15, -0.1) is 0 Å². The number of guanidine groups is 1. The van der Waals surface area contributed by atoms with E-state index < -0.39 is 0 Å². The number of nitrogens with zero attached hydrogens (tertiary/aromatic N) is 1. The fraction of sp³-hybridized carbons (Fsp3) is 0.750. The lowest BCUT2D eigenvalue weighted by atomic mass is 10.4. The summed E-state index contributed by atoms with van der Waals surface area (Å²) >= 11 is 0. The molecule has 9 heavy (non-hydrogen) atoms. The van der Waals surface area contributed by atoms with Crippen LogP contribution in [0.15, 0.2) is 4.99 Å². The van der Waals surface area contributed by atoms with Gasteiger partial charge in [0.2, 0.25) is 0 Å². The lowest BCUT2D eigenvalue weighted by molar-refractivity contribution is 0.537. The number of nitrogens with two attached hydrogens (primary N) is 1. The first-order valence-electron chi connectivity index (χ1n) is 2.93. The number of fused-ring (bicyclic) bond motifs is 1. The molecule has 0 aromatic rings. The van der Waals surface area contributed by atoms with Crippen molar-refractivity contribution >= 4 is 5.96 Å². The molecule has 1 fully saturated rings. The highest BCUT2D eigenvalue weighted by atomic mass is 15.4. The summed E-state index contributed by atoms with van der Waals surface area (Å²) in [5.74, 6) is 0.518. The second-order valence-electron chi connectivity index (χ2n) is 2.17. The lowest BCUT2D eigenvalue weighted by Gasteiger charge is -2.05. The van der Waals surface area contributed by atoms with E-state index in [2.05, 4.69) is 20.9 Å². The molecule has 50 valence electrons. The molecule has 0 aromatic heterocycles. The first-order valence-corrected chi connectivity index (χ1v) is 2.93. The van der Waals surface area contributed by atoms with Crippen LogP contribution in [-0.2, 0) is 0 Å². The molecule has 2 rings (SSSR count). The molecule has 0 aliphatic carbocycles. The Balaban J connectivity index is 2.13. The van der Waals surface area contributed by atoms with Crippen LogP contribution in [0.5, 0.6) is 0 Å². The van der Waals surface area contributed by atoms with Gasteiger partial charge in [0.05, 0.1) is 0 Å². The van der Waals surface area contributed by atoms with Gasteiger partial charge in [0.25, 0.3) is 0 Å². The van der Waals surface area contributed by atoms with E-state index in [1.807, 2.05) is 0 Å². The molecular formula is C4H9N5. The fourth-order valence-electron chi connectivity index (χ4n) is 1.10.